The van der Waals surface area contributed by atoms with E-state index < -0.39 is 11.4 Å². The van der Waals surface area contributed by atoms with Crippen molar-refractivity contribution in [2.24, 2.45) is 5.41 Å². The maximum atomic E-state index is 12.2. The standard InChI is InChI=1S/C14H16N4O4/c19-12(9-1-2-10-11(7-9)17-18-16-10)15-8-14(13(20)21)3-5-22-6-4-14/h1-2,7H,3-6,8H2,(H,15,19)(H,20,21)(H,16,17,18). The molecule has 2 aromatic rings. The molecule has 116 valence electrons. The van der Waals surface area contributed by atoms with Gasteiger partial charge in [-0.05, 0) is 31.0 Å². The molecular formula is C14H16N4O4. The second-order valence-electron chi connectivity index (χ2n) is 5.41. The molecule has 1 aromatic carbocycles. The molecule has 0 radical (unpaired) electrons. The molecule has 1 amide bonds. The SMILES string of the molecule is O=C(NCC1(C(=O)O)CCOCC1)c1ccc2n[nH]nc2c1. The Morgan fingerprint density at radius 1 is 1.27 bits per heavy atom. The van der Waals surface area contributed by atoms with Gasteiger partial charge >= 0.3 is 5.97 Å². The molecule has 1 aliphatic heterocycles. The first-order valence-corrected chi connectivity index (χ1v) is 7.01. The molecule has 1 aliphatic rings. The quantitative estimate of drug-likeness (QED) is 0.760. The van der Waals surface area contributed by atoms with Crippen LogP contribution in [-0.2, 0) is 9.53 Å². The molecule has 2 heterocycles. The van der Waals surface area contributed by atoms with Gasteiger partial charge in [-0.15, -0.1) is 0 Å². The number of carbonyl (C=O) groups excluding carboxylic acids is 1. The van der Waals surface area contributed by atoms with E-state index in [0.717, 1.165) is 0 Å². The van der Waals surface area contributed by atoms with Gasteiger partial charge < -0.3 is 15.2 Å². The molecule has 1 fully saturated rings. The number of H-pyrrole nitrogens is 1. The highest BCUT2D eigenvalue weighted by Gasteiger charge is 2.40. The van der Waals surface area contributed by atoms with Crippen molar-refractivity contribution in [1.29, 1.82) is 0 Å². The number of carbonyl (C=O) groups is 2. The Kier molecular flexibility index (Phi) is 3.76. The summed E-state index contributed by atoms with van der Waals surface area (Å²) in [5.74, 6) is -1.22. The Labute approximate surface area is 125 Å². The second kappa shape index (κ2) is 5.72. The predicted octanol–water partition coefficient (Wildman–Crippen LogP) is 0.569. The van der Waals surface area contributed by atoms with Crippen LogP contribution in [-0.4, -0.2) is 52.2 Å². The van der Waals surface area contributed by atoms with Crippen LogP contribution in [0, 0.1) is 5.41 Å². The van der Waals surface area contributed by atoms with Crippen LogP contribution < -0.4 is 5.32 Å². The summed E-state index contributed by atoms with van der Waals surface area (Å²) in [6.07, 6.45) is 0.788. The van der Waals surface area contributed by atoms with E-state index >= 15 is 0 Å². The third-order valence-electron chi connectivity index (χ3n) is 4.07. The van der Waals surface area contributed by atoms with Crippen LogP contribution in [0.15, 0.2) is 18.2 Å². The first-order chi connectivity index (χ1) is 10.6. The summed E-state index contributed by atoms with van der Waals surface area (Å²) < 4.78 is 5.21. The fourth-order valence-corrected chi connectivity index (χ4v) is 2.56. The number of fused-ring (bicyclic) bond motifs is 1. The minimum atomic E-state index is -0.952. The zero-order valence-corrected chi connectivity index (χ0v) is 11.8. The highest BCUT2D eigenvalue weighted by molar-refractivity contribution is 5.97. The van der Waals surface area contributed by atoms with Crippen molar-refractivity contribution >= 4 is 22.9 Å². The number of hydrogen-bond donors (Lipinski definition) is 3. The van der Waals surface area contributed by atoms with Crippen molar-refractivity contribution in [2.75, 3.05) is 19.8 Å². The molecule has 0 bridgehead atoms. The van der Waals surface area contributed by atoms with E-state index in [0.29, 0.717) is 42.7 Å². The lowest BCUT2D eigenvalue weighted by atomic mass is 9.80. The van der Waals surface area contributed by atoms with E-state index in [2.05, 4.69) is 20.7 Å². The first kappa shape index (κ1) is 14.5. The van der Waals surface area contributed by atoms with Crippen LogP contribution in [0.3, 0.4) is 0 Å². The third kappa shape index (κ3) is 2.64. The summed E-state index contributed by atoms with van der Waals surface area (Å²) >= 11 is 0. The topological polar surface area (TPSA) is 117 Å². The Hall–Kier alpha value is -2.48. The molecule has 0 unspecified atom stereocenters. The van der Waals surface area contributed by atoms with E-state index in [9.17, 15) is 14.7 Å². The molecule has 0 aliphatic carbocycles. The fraction of sp³-hybridized carbons (Fsp3) is 0.429. The summed E-state index contributed by atoms with van der Waals surface area (Å²) in [4.78, 5) is 23.8. The lowest BCUT2D eigenvalue weighted by Crippen LogP contribution is -2.46. The van der Waals surface area contributed by atoms with Gasteiger partial charge in [-0.3, -0.25) is 9.59 Å². The van der Waals surface area contributed by atoms with Gasteiger partial charge in [0.2, 0.25) is 0 Å². The summed E-state index contributed by atoms with van der Waals surface area (Å²) in [5.41, 5.74) is 0.731. The van der Waals surface area contributed by atoms with Gasteiger partial charge in [0.05, 0.1) is 5.41 Å². The predicted molar refractivity (Wildman–Crippen MR) is 76.3 cm³/mol. The van der Waals surface area contributed by atoms with Crippen LogP contribution in [0.4, 0.5) is 0 Å². The highest BCUT2D eigenvalue weighted by atomic mass is 16.5. The average molecular weight is 304 g/mol. The van der Waals surface area contributed by atoms with Crippen LogP contribution in [0.1, 0.15) is 23.2 Å². The number of hydrogen-bond acceptors (Lipinski definition) is 5. The van der Waals surface area contributed by atoms with E-state index in [1.54, 1.807) is 18.2 Å². The third-order valence-corrected chi connectivity index (χ3v) is 4.07. The number of ether oxygens (including phenoxy) is 1. The number of aromatic nitrogens is 3. The molecule has 3 N–H and O–H groups in total. The van der Waals surface area contributed by atoms with Crippen molar-refractivity contribution in [1.82, 2.24) is 20.7 Å². The molecule has 8 heteroatoms. The van der Waals surface area contributed by atoms with E-state index in [4.69, 9.17) is 4.74 Å². The fourth-order valence-electron chi connectivity index (χ4n) is 2.56. The maximum Gasteiger partial charge on any atom is 0.311 e. The number of rotatable bonds is 4. The van der Waals surface area contributed by atoms with Gasteiger partial charge in [-0.25, -0.2) is 0 Å². The van der Waals surface area contributed by atoms with Crippen LogP contribution in [0.25, 0.3) is 11.0 Å². The molecule has 8 nitrogen and oxygen atoms in total. The van der Waals surface area contributed by atoms with E-state index in [1.165, 1.54) is 0 Å². The molecule has 0 saturated carbocycles. The zero-order chi connectivity index (χ0) is 15.6. The first-order valence-electron chi connectivity index (χ1n) is 7.01. The lowest BCUT2D eigenvalue weighted by Gasteiger charge is -2.33. The summed E-state index contributed by atoms with van der Waals surface area (Å²) in [5, 5.41) is 22.5. The van der Waals surface area contributed by atoms with Crippen molar-refractivity contribution in [3.05, 3.63) is 23.8 Å². The number of carboxylic acid groups (broad SMARTS) is 1. The minimum absolute atomic E-state index is 0.0847. The number of aromatic amines is 1. The van der Waals surface area contributed by atoms with Crippen molar-refractivity contribution in [3.8, 4) is 0 Å². The summed E-state index contributed by atoms with van der Waals surface area (Å²) in [6, 6.07) is 4.94. The Morgan fingerprint density at radius 2 is 2.00 bits per heavy atom. The van der Waals surface area contributed by atoms with Gasteiger partial charge in [-0.2, -0.15) is 15.4 Å². The van der Waals surface area contributed by atoms with Crippen LogP contribution in [0.2, 0.25) is 0 Å². The molecule has 3 rings (SSSR count). The van der Waals surface area contributed by atoms with Gasteiger partial charge in [0.1, 0.15) is 11.0 Å². The number of aliphatic carboxylic acids is 1. The Bertz CT molecular complexity index is 706. The Balaban J connectivity index is 1.71. The molecule has 1 saturated heterocycles. The number of nitrogens with zero attached hydrogens (tertiary/aromatic N) is 2. The lowest BCUT2D eigenvalue weighted by molar-refractivity contribution is -0.154. The summed E-state index contributed by atoms with van der Waals surface area (Å²) in [7, 11) is 0. The van der Waals surface area contributed by atoms with Gasteiger partial charge in [0.25, 0.3) is 5.91 Å². The minimum Gasteiger partial charge on any atom is -0.481 e. The van der Waals surface area contributed by atoms with Crippen LogP contribution >= 0.6 is 0 Å². The van der Waals surface area contributed by atoms with Gasteiger partial charge in [0, 0.05) is 25.3 Å². The largest absolute Gasteiger partial charge is 0.481 e. The maximum absolute atomic E-state index is 12.2. The monoisotopic (exact) mass is 304 g/mol. The van der Waals surface area contributed by atoms with Gasteiger partial charge in [-0.1, -0.05) is 0 Å². The smallest absolute Gasteiger partial charge is 0.311 e. The van der Waals surface area contributed by atoms with E-state index in [-0.39, 0.29) is 12.5 Å². The van der Waals surface area contributed by atoms with Crippen molar-refractivity contribution in [2.45, 2.75) is 12.8 Å². The highest BCUT2D eigenvalue weighted by Crippen LogP contribution is 2.30. The van der Waals surface area contributed by atoms with Crippen LogP contribution in [0.5, 0.6) is 0 Å². The number of benzene rings is 1. The number of nitrogens with one attached hydrogen (secondary N) is 2. The normalized spacial score (nSPS) is 17.3. The Morgan fingerprint density at radius 3 is 2.73 bits per heavy atom. The second-order valence-corrected chi connectivity index (χ2v) is 5.41. The molecular weight excluding hydrogens is 288 g/mol. The van der Waals surface area contributed by atoms with Crippen molar-refractivity contribution in [3.63, 3.8) is 0 Å². The molecule has 22 heavy (non-hydrogen) atoms. The van der Waals surface area contributed by atoms with E-state index in [1.807, 2.05) is 0 Å². The number of carboxylic acids is 1. The zero-order valence-electron chi connectivity index (χ0n) is 11.8. The van der Waals surface area contributed by atoms with Gasteiger partial charge in [0.15, 0.2) is 0 Å². The number of amides is 1. The average Bonchev–Trinajstić information content (AvgIpc) is 3.01. The molecule has 0 spiro atoms. The summed E-state index contributed by atoms with van der Waals surface area (Å²) in [6.45, 7) is 0.877. The molecule has 0 atom stereocenters. The molecule has 1 aromatic heterocycles. The van der Waals surface area contributed by atoms with Crippen molar-refractivity contribution < 1.29 is 19.4 Å².